The number of ketones is 1. The van der Waals surface area contributed by atoms with Crippen LogP contribution in [-0.4, -0.2) is 80.8 Å². The van der Waals surface area contributed by atoms with Crippen LogP contribution in [0.1, 0.15) is 87.6 Å². The largest absolute Gasteiger partial charge is 0.444 e. The Morgan fingerprint density at radius 2 is 1.38 bits per heavy atom. The van der Waals surface area contributed by atoms with E-state index < -0.39 is 29.8 Å². The number of anilines is 2. The molecule has 3 N–H and O–H groups in total. The van der Waals surface area contributed by atoms with Gasteiger partial charge in [-0.2, -0.15) is 0 Å². The first kappa shape index (κ1) is 42.3. The zero-order valence-corrected chi connectivity index (χ0v) is 35.9. The molecule has 312 valence electrons. The normalized spacial score (nSPS) is 19.7. The highest BCUT2D eigenvalue weighted by Gasteiger charge is 2.39. The average Bonchev–Trinajstić information content (AvgIpc) is 3.94. The van der Waals surface area contributed by atoms with E-state index in [1.807, 2.05) is 85.8 Å². The molecule has 5 amide bonds. The predicted octanol–water partition coefficient (Wildman–Crippen LogP) is 8.69. The van der Waals surface area contributed by atoms with Crippen LogP contribution < -0.4 is 16.0 Å². The third-order valence-electron chi connectivity index (χ3n) is 11.2. The summed E-state index contributed by atoms with van der Waals surface area (Å²) in [6, 6.07) is 29.2. The Balaban J connectivity index is 0.983. The lowest BCUT2D eigenvalue weighted by Crippen LogP contribution is -2.49. The summed E-state index contributed by atoms with van der Waals surface area (Å²) in [5.74, 6) is -0.942. The number of nitrogens with zero attached hydrogens (tertiary/aromatic N) is 3. The summed E-state index contributed by atoms with van der Waals surface area (Å²) in [7, 11) is 0. The summed E-state index contributed by atoms with van der Waals surface area (Å²) in [5.41, 5.74) is 5.49. The van der Waals surface area contributed by atoms with E-state index >= 15 is 0 Å². The van der Waals surface area contributed by atoms with Crippen molar-refractivity contribution in [2.24, 2.45) is 4.99 Å². The van der Waals surface area contributed by atoms with Crippen LogP contribution in [0.15, 0.2) is 108 Å². The van der Waals surface area contributed by atoms with E-state index in [9.17, 15) is 24.0 Å². The van der Waals surface area contributed by atoms with E-state index in [2.05, 4.69) is 31.9 Å². The third-order valence-corrected chi connectivity index (χ3v) is 11.9. The maximum atomic E-state index is 14.0. The summed E-state index contributed by atoms with van der Waals surface area (Å²) in [5, 5.41) is 8.74. The highest BCUT2D eigenvalue weighted by molar-refractivity contribution is 9.10. The van der Waals surface area contributed by atoms with Gasteiger partial charge in [-0.3, -0.25) is 19.4 Å². The quantitative estimate of drug-likeness (QED) is 0.136. The number of ether oxygens (including phenoxy) is 1. The Hall–Kier alpha value is -5.82. The number of Topliss-reactive ketones (excluding diaryl/α,β-unsaturated/α-hetero) is 1. The number of aliphatic imine (C=N–C) groups is 1. The number of hydrogen-bond donors (Lipinski definition) is 3. The lowest BCUT2D eigenvalue weighted by molar-refractivity contribution is -0.138. The molecule has 0 aromatic heterocycles. The number of carbonyl (C=O) groups is 5. The van der Waals surface area contributed by atoms with Crippen molar-refractivity contribution in [1.82, 2.24) is 15.1 Å². The lowest BCUT2D eigenvalue weighted by atomic mass is 9.91. The molecule has 0 aliphatic carbocycles. The molecule has 60 heavy (non-hydrogen) atoms. The van der Waals surface area contributed by atoms with Crippen molar-refractivity contribution in [3.05, 3.63) is 125 Å². The Labute approximate surface area is 359 Å². The smallest absolute Gasteiger partial charge is 0.408 e. The monoisotopic (exact) mass is 874 g/mol. The number of rotatable bonds is 10. The Morgan fingerprint density at radius 1 is 0.767 bits per heavy atom. The number of alkyl halides is 1. The van der Waals surface area contributed by atoms with Crippen molar-refractivity contribution in [3.63, 3.8) is 0 Å². The van der Waals surface area contributed by atoms with Crippen LogP contribution >= 0.6 is 15.9 Å². The van der Waals surface area contributed by atoms with Crippen LogP contribution in [0.3, 0.4) is 0 Å². The van der Waals surface area contributed by atoms with Gasteiger partial charge < -0.3 is 30.5 Å². The summed E-state index contributed by atoms with van der Waals surface area (Å²) in [4.78, 5) is 75.5. The lowest BCUT2D eigenvalue weighted by Gasteiger charge is -2.29. The minimum Gasteiger partial charge on any atom is -0.444 e. The van der Waals surface area contributed by atoms with Crippen LogP contribution in [0.25, 0.3) is 0 Å². The zero-order valence-electron chi connectivity index (χ0n) is 34.3. The molecule has 4 aromatic rings. The fourth-order valence-corrected chi connectivity index (χ4v) is 8.86. The molecule has 0 radical (unpaired) electrons. The number of halogens is 1. The molecule has 2 saturated heterocycles. The van der Waals surface area contributed by atoms with E-state index in [1.54, 1.807) is 49.9 Å². The van der Waals surface area contributed by atoms with Gasteiger partial charge in [-0.1, -0.05) is 95.7 Å². The first-order valence-corrected chi connectivity index (χ1v) is 21.5. The topological polar surface area (TPSA) is 150 Å². The van der Waals surface area contributed by atoms with Crippen molar-refractivity contribution < 1.29 is 28.7 Å². The maximum Gasteiger partial charge on any atom is 0.408 e. The molecule has 0 spiro atoms. The summed E-state index contributed by atoms with van der Waals surface area (Å²) >= 11 is 3.82. The highest BCUT2D eigenvalue weighted by Crippen LogP contribution is 2.34. The number of likely N-dealkylation sites (tertiary alicyclic amines) is 2. The van der Waals surface area contributed by atoms with Gasteiger partial charge in [0.05, 0.1) is 22.3 Å². The Bertz CT molecular complexity index is 2260. The van der Waals surface area contributed by atoms with Crippen LogP contribution in [-0.2, 0) is 25.5 Å². The number of carbonyl (C=O) groups excluding carboxylic acids is 5. The Kier molecular flexibility index (Phi) is 12.8. The van der Waals surface area contributed by atoms with Gasteiger partial charge >= 0.3 is 12.1 Å². The molecule has 13 heteroatoms. The Morgan fingerprint density at radius 3 is 2.05 bits per heavy atom. The van der Waals surface area contributed by atoms with Gasteiger partial charge in [0.15, 0.2) is 5.78 Å². The van der Waals surface area contributed by atoms with Crippen LogP contribution in [0, 0.1) is 0 Å². The number of amides is 5. The molecular formula is C47H51BrN6O6. The van der Waals surface area contributed by atoms with Gasteiger partial charge in [0.2, 0.25) is 5.91 Å². The number of urea groups is 1. The molecule has 4 aromatic carbocycles. The number of benzene rings is 4. The molecule has 5 unspecified atom stereocenters. The second-order valence-corrected chi connectivity index (χ2v) is 17.7. The minimum atomic E-state index is -1.02. The first-order valence-electron chi connectivity index (χ1n) is 20.5. The SMILES string of the molecule is CC(C(=O)C1CCCN1C(=O)Nc1ccc2c(c1)CC(Br)C(c1ccc(NC(=O)C3CCCN3C(=O)C(NC(=O)OC(C)(C)C)c3ccccc3)cc1)=N2)c1ccccc1. The molecular weight excluding hydrogens is 824 g/mol. The van der Waals surface area contributed by atoms with Crippen molar-refractivity contribution in [3.8, 4) is 0 Å². The third kappa shape index (κ3) is 9.79. The van der Waals surface area contributed by atoms with E-state index in [0.717, 1.165) is 34.5 Å². The number of fused-ring (bicyclic) bond motifs is 1. The number of nitrogens with one attached hydrogen (secondary N) is 3. The van der Waals surface area contributed by atoms with E-state index in [4.69, 9.17) is 9.73 Å². The van der Waals surface area contributed by atoms with Crippen molar-refractivity contribution in [2.45, 2.75) is 94.3 Å². The zero-order chi connectivity index (χ0) is 42.6. The molecule has 3 aliphatic rings. The van der Waals surface area contributed by atoms with Crippen molar-refractivity contribution >= 4 is 68.4 Å². The van der Waals surface area contributed by atoms with E-state index in [0.29, 0.717) is 55.7 Å². The average molecular weight is 876 g/mol. The molecule has 5 atom stereocenters. The first-order chi connectivity index (χ1) is 28.8. The molecule has 3 heterocycles. The molecule has 0 saturated carbocycles. The number of hydrogen-bond acceptors (Lipinski definition) is 7. The molecule has 7 rings (SSSR count). The fraction of sp³-hybridized carbons (Fsp3) is 0.362. The standard InChI is InChI=1S/C47H51BrN6O6/c1-29(30-13-7-5-8-14-30)42(55)38-17-11-26-54(38)45(58)50-35-23-24-37-33(27-35)28-36(48)40(51-37)32-19-21-34(22-20-32)49-43(56)39-18-12-25-53(39)44(57)41(31-15-9-6-10-16-31)52-46(59)60-47(2,3)4/h5-10,13-16,19-24,27,29,36,38-39,41H,11-12,17-18,25-26,28H2,1-4H3,(H,49,56)(H,50,58)(H,52,59). The second-order valence-electron chi connectivity index (χ2n) is 16.6. The van der Waals surface area contributed by atoms with Gasteiger partial charge in [0.1, 0.15) is 17.7 Å². The summed E-state index contributed by atoms with van der Waals surface area (Å²) in [6.45, 7) is 8.07. The van der Waals surface area contributed by atoms with Crippen molar-refractivity contribution in [1.29, 1.82) is 0 Å². The highest BCUT2D eigenvalue weighted by atomic mass is 79.9. The molecule has 2 fully saturated rings. The van der Waals surface area contributed by atoms with Gasteiger partial charge in [-0.05, 0) is 105 Å². The van der Waals surface area contributed by atoms with Crippen LogP contribution in [0.4, 0.5) is 26.7 Å². The maximum absolute atomic E-state index is 14.0. The minimum absolute atomic E-state index is 0.0504. The second kappa shape index (κ2) is 18.2. The van der Waals surface area contributed by atoms with Gasteiger partial charge in [-0.15, -0.1) is 0 Å². The van der Waals surface area contributed by atoms with Gasteiger partial charge in [0, 0.05) is 30.4 Å². The molecule has 0 bridgehead atoms. The van der Waals surface area contributed by atoms with Gasteiger partial charge in [0.25, 0.3) is 5.91 Å². The van der Waals surface area contributed by atoms with E-state index in [-0.39, 0.29) is 34.4 Å². The van der Waals surface area contributed by atoms with Gasteiger partial charge in [-0.25, -0.2) is 9.59 Å². The predicted molar refractivity (Wildman–Crippen MR) is 236 cm³/mol. The number of alkyl carbamates (subject to hydrolysis) is 1. The molecule has 12 nitrogen and oxygen atoms in total. The van der Waals surface area contributed by atoms with Crippen molar-refractivity contribution in [2.75, 3.05) is 23.7 Å². The summed E-state index contributed by atoms with van der Waals surface area (Å²) in [6.07, 6.45) is 2.48. The fourth-order valence-electron chi connectivity index (χ4n) is 8.14. The summed E-state index contributed by atoms with van der Waals surface area (Å²) < 4.78 is 5.46. The van der Waals surface area contributed by atoms with Crippen LogP contribution in [0.2, 0.25) is 0 Å². The molecule has 3 aliphatic heterocycles. The van der Waals surface area contributed by atoms with E-state index in [1.165, 1.54) is 4.90 Å². The van der Waals surface area contributed by atoms with Crippen LogP contribution in [0.5, 0.6) is 0 Å².